The quantitative estimate of drug-likeness (QED) is 0.783. The molecule has 1 aromatic rings. The highest BCUT2D eigenvalue weighted by molar-refractivity contribution is 7.09. The molecule has 0 spiro atoms. The van der Waals surface area contributed by atoms with Crippen molar-refractivity contribution in [2.75, 3.05) is 26.2 Å². The number of rotatable bonds is 5. The van der Waals surface area contributed by atoms with E-state index in [1.807, 2.05) is 11.3 Å². The molecule has 1 unspecified atom stereocenters. The summed E-state index contributed by atoms with van der Waals surface area (Å²) in [7, 11) is 0. The summed E-state index contributed by atoms with van der Waals surface area (Å²) < 4.78 is 0. The SMILES string of the molecule is OCCNC1CCN(Cc2cccs2)C1. The number of likely N-dealkylation sites (tertiary alicyclic amines) is 1. The molecule has 4 heteroatoms. The van der Waals surface area contributed by atoms with Crippen LogP contribution in [0.15, 0.2) is 17.5 Å². The lowest BCUT2D eigenvalue weighted by Gasteiger charge is -2.15. The molecule has 1 fully saturated rings. The minimum Gasteiger partial charge on any atom is -0.395 e. The normalized spacial score (nSPS) is 22.3. The highest BCUT2D eigenvalue weighted by Gasteiger charge is 2.21. The van der Waals surface area contributed by atoms with Crippen molar-refractivity contribution in [1.29, 1.82) is 0 Å². The number of hydrogen-bond donors (Lipinski definition) is 2. The second-order valence-electron chi connectivity index (χ2n) is 3.98. The molecule has 2 rings (SSSR count). The Bertz CT molecular complexity index is 276. The van der Waals surface area contributed by atoms with Gasteiger partial charge in [0.25, 0.3) is 0 Å². The largest absolute Gasteiger partial charge is 0.395 e. The average Bonchev–Trinajstić information content (AvgIpc) is 2.87. The Balaban J connectivity index is 1.73. The fraction of sp³-hybridized carbons (Fsp3) is 0.636. The lowest BCUT2D eigenvalue weighted by molar-refractivity contribution is 0.278. The van der Waals surface area contributed by atoms with Gasteiger partial charge in [-0.05, 0) is 17.9 Å². The molecule has 1 atom stereocenters. The summed E-state index contributed by atoms with van der Waals surface area (Å²) >= 11 is 1.83. The summed E-state index contributed by atoms with van der Waals surface area (Å²) in [5, 5.41) is 14.2. The summed E-state index contributed by atoms with van der Waals surface area (Å²) in [6, 6.07) is 4.87. The zero-order valence-corrected chi connectivity index (χ0v) is 9.67. The number of nitrogens with one attached hydrogen (secondary N) is 1. The van der Waals surface area contributed by atoms with Gasteiger partial charge in [0, 0.05) is 37.1 Å². The van der Waals surface area contributed by atoms with Crippen LogP contribution in [-0.2, 0) is 6.54 Å². The molecule has 1 aromatic heterocycles. The Morgan fingerprint density at radius 2 is 2.53 bits per heavy atom. The predicted octanol–water partition coefficient (Wildman–Crippen LogP) is 0.904. The molecule has 15 heavy (non-hydrogen) atoms. The Morgan fingerprint density at radius 3 is 3.27 bits per heavy atom. The minimum absolute atomic E-state index is 0.238. The van der Waals surface area contributed by atoms with Crippen molar-refractivity contribution in [2.45, 2.75) is 19.0 Å². The van der Waals surface area contributed by atoms with Crippen LogP contribution in [0.1, 0.15) is 11.3 Å². The van der Waals surface area contributed by atoms with Gasteiger partial charge in [-0.3, -0.25) is 4.90 Å². The molecule has 1 aliphatic rings. The van der Waals surface area contributed by atoms with Crippen molar-refractivity contribution in [3.05, 3.63) is 22.4 Å². The third-order valence-corrected chi connectivity index (χ3v) is 3.64. The third-order valence-electron chi connectivity index (χ3n) is 2.78. The number of thiophene rings is 1. The molecule has 1 saturated heterocycles. The van der Waals surface area contributed by atoms with Gasteiger partial charge in [-0.1, -0.05) is 6.07 Å². The Kier molecular flexibility index (Phi) is 4.14. The summed E-state index contributed by atoms with van der Waals surface area (Å²) in [5.41, 5.74) is 0. The highest BCUT2D eigenvalue weighted by Crippen LogP contribution is 2.16. The van der Waals surface area contributed by atoms with Crippen LogP contribution >= 0.6 is 11.3 Å². The maximum Gasteiger partial charge on any atom is 0.0556 e. The molecule has 2 heterocycles. The van der Waals surface area contributed by atoms with E-state index in [9.17, 15) is 0 Å². The Hall–Kier alpha value is -0.420. The van der Waals surface area contributed by atoms with Crippen LogP contribution in [0.25, 0.3) is 0 Å². The topological polar surface area (TPSA) is 35.5 Å². The summed E-state index contributed by atoms with van der Waals surface area (Å²) in [4.78, 5) is 3.92. The van der Waals surface area contributed by atoms with E-state index in [-0.39, 0.29) is 6.61 Å². The van der Waals surface area contributed by atoms with E-state index in [0.717, 1.165) is 19.6 Å². The Labute approximate surface area is 94.7 Å². The van der Waals surface area contributed by atoms with Gasteiger partial charge in [0.2, 0.25) is 0 Å². The molecule has 84 valence electrons. The van der Waals surface area contributed by atoms with E-state index >= 15 is 0 Å². The molecule has 0 aliphatic carbocycles. The molecule has 0 aromatic carbocycles. The van der Waals surface area contributed by atoms with Crippen molar-refractivity contribution in [2.24, 2.45) is 0 Å². The second kappa shape index (κ2) is 5.61. The van der Waals surface area contributed by atoms with Crippen LogP contribution in [0.5, 0.6) is 0 Å². The molecule has 0 radical (unpaired) electrons. The lowest BCUT2D eigenvalue weighted by Crippen LogP contribution is -2.34. The monoisotopic (exact) mass is 226 g/mol. The van der Waals surface area contributed by atoms with E-state index in [2.05, 4.69) is 27.7 Å². The van der Waals surface area contributed by atoms with Gasteiger partial charge in [-0.2, -0.15) is 0 Å². The first kappa shape index (κ1) is 11.1. The fourth-order valence-electron chi connectivity index (χ4n) is 2.03. The molecule has 0 bridgehead atoms. The van der Waals surface area contributed by atoms with Crippen molar-refractivity contribution in [3.63, 3.8) is 0 Å². The van der Waals surface area contributed by atoms with Crippen molar-refractivity contribution in [3.8, 4) is 0 Å². The first-order valence-electron chi connectivity index (χ1n) is 5.47. The number of hydrogen-bond acceptors (Lipinski definition) is 4. The molecule has 0 saturated carbocycles. The van der Waals surface area contributed by atoms with E-state index in [0.29, 0.717) is 6.04 Å². The number of aliphatic hydroxyl groups excluding tert-OH is 1. The van der Waals surface area contributed by atoms with E-state index in [1.165, 1.54) is 17.8 Å². The standard InChI is InChI=1S/C11H18N2OS/c14-6-4-12-10-3-5-13(8-10)9-11-2-1-7-15-11/h1-2,7,10,12,14H,3-6,8-9H2. The fourth-order valence-corrected chi connectivity index (χ4v) is 2.78. The van der Waals surface area contributed by atoms with Crippen molar-refractivity contribution >= 4 is 11.3 Å². The van der Waals surface area contributed by atoms with E-state index in [1.54, 1.807) is 0 Å². The summed E-state index contributed by atoms with van der Waals surface area (Å²) in [6.07, 6.45) is 1.20. The maximum atomic E-state index is 8.73. The van der Waals surface area contributed by atoms with E-state index < -0.39 is 0 Å². The smallest absolute Gasteiger partial charge is 0.0556 e. The molecule has 1 aliphatic heterocycles. The van der Waals surface area contributed by atoms with Crippen LogP contribution < -0.4 is 5.32 Å². The van der Waals surface area contributed by atoms with Gasteiger partial charge < -0.3 is 10.4 Å². The van der Waals surface area contributed by atoms with Gasteiger partial charge in [-0.25, -0.2) is 0 Å². The van der Waals surface area contributed by atoms with Crippen molar-refractivity contribution < 1.29 is 5.11 Å². The van der Waals surface area contributed by atoms with Crippen LogP contribution in [-0.4, -0.2) is 42.3 Å². The number of aliphatic hydroxyl groups is 1. The summed E-state index contributed by atoms with van der Waals surface area (Å²) in [6.45, 7) is 4.31. The van der Waals surface area contributed by atoms with Gasteiger partial charge in [0.1, 0.15) is 0 Å². The van der Waals surface area contributed by atoms with Crippen LogP contribution in [0, 0.1) is 0 Å². The van der Waals surface area contributed by atoms with E-state index in [4.69, 9.17) is 5.11 Å². The highest BCUT2D eigenvalue weighted by atomic mass is 32.1. The van der Waals surface area contributed by atoms with Gasteiger partial charge in [0.15, 0.2) is 0 Å². The second-order valence-corrected chi connectivity index (χ2v) is 5.01. The van der Waals surface area contributed by atoms with Crippen LogP contribution in [0.3, 0.4) is 0 Å². The first-order chi connectivity index (χ1) is 7.38. The molecule has 3 nitrogen and oxygen atoms in total. The molecule has 2 N–H and O–H groups in total. The Morgan fingerprint density at radius 1 is 1.60 bits per heavy atom. The molecular weight excluding hydrogens is 208 g/mol. The summed E-state index contributed by atoms with van der Waals surface area (Å²) in [5.74, 6) is 0. The zero-order valence-electron chi connectivity index (χ0n) is 8.85. The lowest BCUT2D eigenvalue weighted by atomic mass is 10.3. The van der Waals surface area contributed by atoms with Crippen LogP contribution in [0.4, 0.5) is 0 Å². The zero-order chi connectivity index (χ0) is 10.5. The van der Waals surface area contributed by atoms with Crippen LogP contribution in [0.2, 0.25) is 0 Å². The maximum absolute atomic E-state index is 8.73. The predicted molar refractivity (Wildman–Crippen MR) is 63.1 cm³/mol. The van der Waals surface area contributed by atoms with Gasteiger partial charge in [0.05, 0.1) is 6.61 Å². The molecule has 0 amide bonds. The van der Waals surface area contributed by atoms with Gasteiger partial charge in [-0.15, -0.1) is 11.3 Å². The average molecular weight is 226 g/mol. The number of nitrogens with zero attached hydrogens (tertiary/aromatic N) is 1. The van der Waals surface area contributed by atoms with Gasteiger partial charge >= 0.3 is 0 Å². The first-order valence-corrected chi connectivity index (χ1v) is 6.35. The van der Waals surface area contributed by atoms with Crippen molar-refractivity contribution in [1.82, 2.24) is 10.2 Å². The third kappa shape index (κ3) is 3.28. The molecular formula is C11H18N2OS. The minimum atomic E-state index is 0.238.